The summed E-state index contributed by atoms with van der Waals surface area (Å²) in [4.78, 5) is 2.58. The molecule has 1 aliphatic carbocycles. The summed E-state index contributed by atoms with van der Waals surface area (Å²) in [6, 6.07) is 9.28. The van der Waals surface area contributed by atoms with Crippen molar-refractivity contribution >= 4 is 0 Å². The minimum Gasteiger partial charge on any atom is -0.328 e. The van der Waals surface area contributed by atoms with Gasteiger partial charge in [0, 0.05) is 25.7 Å². The smallest absolute Gasteiger partial charge is 0.0240 e. The van der Waals surface area contributed by atoms with E-state index < -0.39 is 0 Å². The van der Waals surface area contributed by atoms with Crippen molar-refractivity contribution in [3.63, 3.8) is 0 Å². The molecule has 1 aromatic carbocycles. The van der Waals surface area contributed by atoms with Gasteiger partial charge in [0.25, 0.3) is 0 Å². The maximum absolute atomic E-state index is 5.97. The molecule has 0 spiro atoms. The van der Waals surface area contributed by atoms with Gasteiger partial charge in [-0.1, -0.05) is 24.3 Å². The summed E-state index contributed by atoms with van der Waals surface area (Å²) in [7, 11) is 0. The second kappa shape index (κ2) is 4.19. The maximum Gasteiger partial charge on any atom is 0.0240 e. The third-order valence-corrected chi connectivity index (χ3v) is 4.00. The number of nitrogens with two attached hydrogens (primary N) is 1. The Balaban J connectivity index is 1.60. The Bertz CT molecular complexity index is 350. The van der Waals surface area contributed by atoms with E-state index in [0.29, 0.717) is 6.04 Å². The summed E-state index contributed by atoms with van der Waals surface area (Å²) >= 11 is 0. The van der Waals surface area contributed by atoms with Crippen LogP contribution in [0.3, 0.4) is 0 Å². The van der Waals surface area contributed by atoms with Crippen molar-refractivity contribution in [2.45, 2.75) is 38.4 Å². The third kappa shape index (κ3) is 2.00. The Hall–Kier alpha value is -0.860. The van der Waals surface area contributed by atoms with E-state index in [1.54, 1.807) is 0 Å². The molecular weight excluding hydrogens is 196 g/mol. The van der Waals surface area contributed by atoms with E-state index in [0.717, 1.165) is 19.0 Å². The summed E-state index contributed by atoms with van der Waals surface area (Å²) in [5.74, 6) is 0.837. The molecule has 0 bridgehead atoms. The van der Waals surface area contributed by atoms with E-state index in [1.165, 1.54) is 36.9 Å². The number of rotatable bonds is 2. The summed E-state index contributed by atoms with van der Waals surface area (Å²) < 4.78 is 0. The standard InChI is InChI=1S/C14H20N2/c15-14-6-5-11(7-14)8-16-9-12-3-1-2-4-13(12)10-16/h1-4,11,14H,5-10,15H2/t11-,14+/m0/s1. The largest absolute Gasteiger partial charge is 0.328 e. The fraction of sp³-hybridized carbons (Fsp3) is 0.571. The Morgan fingerprint density at radius 3 is 2.38 bits per heavy atom. The van der Waals surface area contributed by atoms with Gasteiger partial charge in [-0.25, -0.2) is 0 Å². The molecule has 86 valence electrons. The highest BCUT2D eigenvalue weighted by Gasteiger charge is 2.26. The number of hydrogen-bond acceptors (Lipinski definition) is 2. The van der Waals surface area contributed by atoms with Gasteiger partial charge >= 0.3 is 0 Å². The highest BCUT2D eigenvalue weighted by molar-refractivity contribution is 5.30. The molecule has 2 heteroatoms. The lowest BCUT2D eigenvalue weighted by Gasteiger charge is -2.19. The topological polar surface area (TPSA) is 29.3 Å². The van der Waals surface area contributed by atoms with Crippen LogP contribution in [-0.2, 0) is 13.1 Å². The normalized spacial score (nSPS) is 29.6. The lowest BCUT2D eigenvalue weighted by molar-refractivity contribution is 0.236. The first kappa shape index (κ1) is 10.3. The van der Waals surface area contributed by atoms with Crippen LogP contribution in [0.5, 0.6) is 0 Å². The van der Waals surface area contributed by atoms with Gasteiger partial charge in [0.2, 0.25) is 0 Å². The van der Waals surface area contributed by atoms with E-state index in [1.807, 2.05) is 0 Å². The Morgan fingerprint density at radius 1 is 1.12 bits per heavy atom. The van der Waals surface area contributed by atoms with Crippen molar-refractivity contribution in [3.05, 3.63) is 35.4 Å². The van der Waals surface area contributed by atoms with Gasteiger partial charge in [-0.15, -0.1) is 0 Å². The summed E-state index contributed by atoms with van der Waals surface area (Å²) in [5.41, 5.74) is 9.00. The van der Waals surface area contributed by atoms with Crippen molar-refractivity contribution in [2.75, 3.05) is 6.54 Å². The zero-order chi connectivity index (χ0) is 11.0. The van der Waals surface area contributed by atoms with Gasteiger partial charge < -0.3 is 5.73 Å². The highest BCUT2D eigenvalue weighted by Crippen LogP contribution is 2.29. The van der Waals surface area contributed by atoms with Crippen LogP contribution in [-0.4, -0.2) is 17.5 Å². The van der Waals surface area contributed by atoms with Crippen LogP contribution in [0.4, 0.5) is 0 Å². The monoisotopic (exact) mass is 216 g/mol. The summed E-state index contributed by atoms with van der Waals surface area (Å²) in [6.45, 7) is 3.52. The van der Waals surface area contributed by atoms with Crippen molar-refractivity contribution in [1.29, 1.82) is 0 Å². The van der Waals surface area contributed by atoms with Gasteiger partial charge in [0.1, 0.15) is 0 Å². The molecule has 2 nitrogen and oxygen atoms in total. The van der Waals surface area contributed by atoms with Crippen LogP contribution in [0.15, 0.2) is 24.3 Å². The molecule has 2 N–H and O–H groups in total. The second-order valence-electron chi connectivity index (χ2n) is 5.38. The molecule has 0 saturated heterocycles. The van der Waals surface area contributed by atoms with E-state index in [-0.39, 0.29) is 0 Å². The fourth-order valence-corrected chi connectivity index (χ4v) is 3.18. The number of benzene rings is 1. The van der Waals surface area contributed by atoms with Crippen molar-refractivity contribution in [2.24, 2.45) is 11.7 Å². The zero-order valence-electron chi connectivity index (χ0n) is 9.73. The molecule has 1 aromatic rings. The summed E-state index contributed by atoms with van der Waals surface area (Å²) in [5, 5.41) is 0. The molecule has 0 aromatic heterocycles. The average Bonchev–Trinajstić information content (AvgIpc) is 2.84. The van der Waals surface area contributed by atoms with Crippen LogP contribution in [0.1, 0.15) is 30.4 Å². The quantitative estimate of drug-likeness (QED) is 0.820. The molecule has 0 unspecified atom stereocenters. The molecule has 0 amide bonds. The molecular formula is C14H20N2. The molecule has 1 fully saturated rings. The minimum absolute atomic E-state index is 0.468. The second-order valence-corrected chi connectivity index (χ2v) is 5.38. The number of nitrogens with zero attached hydrogens (tertiary/aromatic N) is 1. The first-order chi connectivity index (χ1) is 7.81. The SMILES string of the molecule is N[C@@H]1CC[C@H](CN2Cc3ccccc3C2)C1. The van der Waals surface area contributed by atoms with E-state index >= 15 is 0 Å². The average molecular weight is 216 g/mol. The fourth-order valence-electron chi connectivity index (χ4n) is 3.18. The first-order valence-electron chi connectivity index (χ1n) is 6.36. The van der Waals surface area contributed by atoms with Gasteiger partial charge in [-0.2, -0.15) is 0 Å². The van der Waals surface area contributed by atoms with Gasteiger partial charge in [0.15, 0.2) is 0 Å². The predicted octanol–water partition coefficient (Wildman–Crippen LogP) is 2.13. The van der Waals surface area contributed by atoms with Crippen molar-refractivity contribution in [3.8, 4) is 0 Å². The maximum atomic E-state index is 5.97. The van der Waals surface area contributed by atoms with Crippen LogP contribution >= 0.6 is 0 Å². The lowest BCUT2D eigenvalue weighted by Crippen LogP contribution is -2.24. The molecule has 1 heterocycles. The molecule has 0 radical (unpaired) electrons. The van der Waals surface area contributed by atoms with Crippen LogP contribution in [0.2, 0.25) is 0 Å². The van der Waals surface area contributed by atoms with Gasteiger partial charge in [-0.3, -0.25) is 4.90 Å². The zero-order valence-corrected chi connectivity index (χ0v) is 9.73. The van der Waals surface area contributed by atoms with Crippen molar-refractivity contribution < 1.29 is 0 Å². The number of fused-ring (bicyclic) bond motifs is 1. The minimum atomic E-state index is 0.468. The van der Waals surface area contributed by atoms with E-state index in [4.69, 9.17) is 5.73 Å². The molecule has 3 rings (SSSR count). The predicted molar refractivity (Wildman–Crippen MR) is 65.9 cm³/mol. The third-order valence-electron chi connectivity index (χ3n) is 4.00. The molecule has 1 saturated carbocycles. The van der Waals surface area contributed by atoms with E-state index in [9.17, 15) is 0 Å². The first-order valence-corrected chi connectivity index (χ1v) is 6.36. The van der Waals surface area contributed by atoms with Crippen molar-refractivity contribution in [1.82, 2.24) is 4.90 Å². The number of hydrogen-bond donors (Lipinski definition) is 1. The molecule has 2 atom stereocenters. The Kier molecular flexibility index (Phi) is 2.70. The molecule has 2 aliphatic rings. The van der Waals surface area contributed by atoms with E-state index in [2.05, 4.69) is 29.2 Å². The van der Waals surface area contributed by atoms with Crippen LogP contribution in [0, 0.1) is 5.92 Å². The highest BCUT2D eigenvalue weighted by atomic mass is 15.1. The van der Waals surface area contributed by atoms with Gasteiger partial charge in [0.05, 0.1) is 0 Å². The lowest BCUT2D eigenvalue weighted by atomic mass is 10.1. The molecule has 16 heavy (non-hydrogen) atoms. The molecule has 1 aliphatic heterocycles. The Labute approximate surface area is 97.4 Å². The van der Waals surface area contributed by atoms with Crippen LogP contribution < -0.4 is 5.73 Å². The van der Waals surface area contributed by atoms with Crippen LogP contribution in [0.25, 0.3) is 0 Å². The van der Waals surface area contributed by atoms with Gasteiger partial charge in [-0.05, 0) is 36.3 Å². The summed E-state index contributed by atoms with van der Waals surface area (Å²) in [6.07, 6.45) is 3.78. The Morgan fingerprint density at radius 2 is 1.81 bits per heavy atom.